The summed E-state index contributed by atoms with van der Waals surface area (Å²) in [5.41, 5.74) is 0. The minimum absolute atomic E-state index is 0.0614. The van der Waals surface area contributed by atoms with Crippen LogP contribution in [0.1, 0.15) is 39.5 Å². The van der Waals surface area contributed by atoms with Crippen molar-refractivity contribution in [1.29, 1.82) is 0 Å². The first kappa shape index (κ1) is 11.0. The fraction of sp³-hybridized carbons (Fsp3) is 1.00. The zero-order chi connectivity index (χ0) is 9.90. The summed E-state index contributed by atoms with van der Waals surface area (Å²) in [6.07, 6.45) is 4.01. The van der Waals surface area contributed by atoms with Crippen molar-refractivity contribution in [2.45, 2.75) is 45.6 Å². The summed E-state index contributed by atoms with van der Waals surface area (Å²) in [4.78, 5) is 0. The van der Waals surface area contributed by atoms with Gasteiger partial charge in [0.2, 0.25) is 0 Å². The molecule has 13 heavy (non-hydrogen) atoms. The quantitative estimate of drug-likeness (QED) is 0.663. The SMILES string of the molecule is CCS(=O)(=O)OC1CCCC(C)C1. The molecule has 0 N–H and O–H groups in total. The van der Waals surface area contributed by atoms with Crippen molar-refractivity contribution in [3.8, 4) is 0 Å². The van der Waals surface area contributed by atoms with Gasteiger partial charge in [-0.1, -0.05) is 19.8 Å². The molecular formula is C9H18O3S. The Morgan fingerprint density at radius 1 is 1.38 bits per heavy atom. The molecule has 1 saturated carbocycles. The van der Waals surface area contributed by atoms with Gasteiger partial charge in [0.15, 0.2) is 0 Å². The van der Waals surface area contributed by atoms with Crippen LogP contribution in [0.15, 0.2) is 0 Å². The topological polar surface area (TPSA) is 43.4 Å². The average Bonchev–Trinajstić information content (AvgIpc) is 2.03. The van der Waals surface area contributed by atoms with Gasteiger partial charge in [0.05, 0.1) is 11.9 Å². The minimum Gasteiger partial charge on any atom is -0.267 e. The van der Waals surface area contributed by atoms with E-state index in [-0.39, 0.29) is 11.9 Å². The van der Waals surface area contributed by atoms with Crippen LogP contribution in [0.2, 0.25) is 0 Å². The zero-order valence-corrected chi connectivity index (χ0v) is 9.14. The summed E-state index contributed by atoms with van der Waals surface area (Å²) in [6, 6.07) is 0. The van der Waals surface area contributed by atoms with Crippen LogP contribution in [-0.2, 0) is 14.3 Å². The number of hydrogen-bond acceptors (Lipinski definition) is 3. The van der Waals surface area contributed by atoms with E-state index in [0.717, 1.165) is 19.3 Å². The molecule has 3 nitrogen and oxygen atoms in total. The van der Waals surface area contributed by atoms with Crippen molar-refractivity contribution < 1.29 is 12.6 Å². The molecule has 1 rings (SSSR count). The van der Waals surface area contributed by atoms with Gasteiger partial charge < -0.3 is 0 Å². The first-order valence-corrected chi connectivity index (χ1v) is 6.52. The van der Waals surface area contributed by atoms with E-state index < -0.39 is 10.1 Å². The molecule has 0 aromatic heterocycles. The third-order valence-electron chi connectivity index (χ3n) is 2.52. The fourth-order valence-electron chi connectivity index (χ4n) is 1.74. The van der Waals surface area contributed by atoms with Gasteiger partial charge in [0.1, 0.15) is 0 Å². The van der Waals surface area contributed by atoms with E-state index in [1.165, 1.54) is 6.42 Å². The number of rotatable bonds is 3. The highest BCUT2D eigenvalue weighted by atomic mass is 32.2. The molecule has 0 amide bonds. The monoisotopic (exact) mass is 206 g/mol. The average molecular weight is 206 g/mol. The van der Waals surface area contributed by atoms with Crippen molar-refractivity contribution in [1.82, 2.24) is 0 Å². The second-order valence-electron chi connectivity index (χ2n) is 3.84. The van der Waals surface area contributed by atoms with E-state index in [0.29, 0.717) is 5.92 Å². The second kappa shape index (κ2) is 4.42. The van der Waals surface area contributed by atoms with Crippen LogP contribution >= 0.6 is 0 Å². The molecule has 1 aliphatic carbocycles. The molecule has 0 aliphatic heterocycles. The minimum atomic E-state index is -3.24. The first-order chi connectivity index (χ1) is 6.03. The summed E-state index contributed by atoms with van der Waals surface area (Å²) < 4.78 is 27.4. The van der Waals surface area contributed by atoms with Gasteiger partial charge in [-0.05, 0) is 25.7 Å². The Morgan fingerprint density at radius 3 is 2.62 bits per heavy atom. The summed E-state index contributed by atoms with van der Waals surface area (Å²) in [7, 11) is -3.24. The largest absolute Gasteiger partial charge is 0.267 e. The van der Waals surface area contributed by atoms with E-state index in [1.54, 1.807) is 6.92 Å². The maximum atomic E-state index is 11.2. The van der Waals surface area contributed by atoms with Crippen molar-refractivity contribution in [3.63, 3.8) is 0 Å². The molecule has 0 aromatic carbocycles. The Kier molecular flexibility index (Phi) is 3.74. The van der Waals surface area contributed by atoms with Crippen LogP contribution in [0.4, 0.5) is 0 Å². The highest BCUT2D eigenvalue weighted by Gasteiger charge is 2.23. The lowest BCUT2D eigenvalue weighted by atomic mass is 9.89. The lowest BCUT2D eigenvalue weighted by molar-refractivity contribution is 0.136. The molecule has 2 atom stereocenters. The highest BCUT2D eigenvalue weighted by Crippen LogP contribution is 2.26. The lowest BCUT2D eigenvalue weighted by Crippen LogP contribution is -2.25. The summed E-state index contributed by atoms with van der Waals surface area (Å²) in [5.74, 6) is 0.684. The third kappa shape index (κ3) is 3.65. The van der Waals surface area contributed by atoms with Gasteiger partial charge in [0, 0.05) is 0 Å². The van der Waals surface area contributed by atoms with Crippen LogP contribution in [0.3, 0.4) is 0 Å². The van der Waals surface area contributed by atoms with Gasteiger partial charge in [0.25, 0.3) is 10.1 Å². The van der Waals surface area contributed by atoms with Gasteiger partial charge in [-0.3, -0.25) is 4.18 Å². The predicted molar refractivity (Wildman–Crippen MR) is 52.0 cm³/mol. The molecule has 0 spiro atoms. The third-order valence-corrected chi connectivity index (χ3v) is 3.80. The second-order valence-corrected chi connectivity index (χ2v) is 5.72. The molecule has 0 aromatic rings. The molecule has 0 saturated heterocycles. The summed E-state index contributed by atoms with van der Waals surface area (Å²) >= 11 is 0. The van der Waals surface area contributed by atoms with Gasteiger partial charge in [-0.15, -0.1) is 0 Å². The summed E-state index contributed by atoms with van der Waals surface area (Å²) in [5, 5.41) is 0. The van der Waals surface area contributed by atoms with Crippen molar-refractivity contribution >= 4 is 10.1 Å². The molecule has 1 aliphatic rings. The number of hydrogen-bond donors (Lipinski definition) is 0. The van der Waals surface area contributed by atoms with Crippen LogP contribution in [0.5, 0.6) is 0 Å². The molecule has 78 valence electrons. The molecule has 0 bridgehead atoms. The van der Waals surface area contributed by atoms with Crippen molar-refractivity contribution in [3.05, 3.63) is 0 Å². The molecule has 0 radical (unpaired) electrons. The molecule has 0 heterocycles. The smallest absolute Gasteiger partial charge is 0.267 e. The molecule has 1 fully saturated rings. The summed E-state index contributed by atoms with van der Waals surface area (Å²) in [6.45, 7) is 3.76. The van der Waals surface area contributed by atoms with Crippen LogP contribution in [-0.4, -0.2) is 20.3 Å². The Labute approximate surface area is 80.6 Å². The Balaban J connectivity index is 2.45. The van der Waals surface area contributed by atoms with E-state index in [9.17, 15) is 8.42 Å². The maximum Gasteiger partial charge on any atom is 0.267 e. The Bertz CT molecular complexity index is 246. The van der Waals surface area contributed by atoms with Crippen LogP contribution in [0, 0.1) is 5.92 Å². The van der Waals surface area contributed by atoms with E-state index in [4.69, 9.17) is 4.18 Å². The standard InChI is InChI=1S/C9H18O3S/c1-3-13(10,11)12-9-6-4-5-8(2)7-9/h8-9H,3-7H2,1-2H3. The highest BCUT2D eigenvalue weighted by molar-refractivity contribution is 7.86. The van der Waals surface area contributed by atoms with E-state index in [1.807, 2.05) is 0 Å². The van der Waals surface area contributed by atoms with Crippen LogP contribution < -0.4 is 0 Å². The van der Waals surface area contributed by atoms with Gasteiger partial charge in [-0.2, -0.15) is 8.42 Å². The fourth-order valence-corrected chi connectivity index (χ4v) is 2.47. The predicted octanol–water partition coefficient (Wildman–Crippen LogP) is 1.93. The maximum absolute atomic E-state index is 11.2. The van der Waals surface area contributed by atoms with Crippen LogP contribution in [0.25, 0.3) is 0 Å². The van der Waals surface area contributed by atoms with Crippen molar-refractivity contribution in [2.24, 2.45) is 5.92 Å². The molecular weight excluding hydrogens is 188 g/mol. The first-order valence-electron chi connectivity index (χ1n) is 4.94. The molecule has 2 unspecified atom stereocenters. The lowest BCUT2D eigenvalue weighted by Gasteiger charge is -2.25. The Hall–Kier alpha value is -0.0900. The Morgan fingerprint density at radius 2 is 2.08 bits per heavy atom. The van der Waals surface area contributed by atoms with Gasteiger partial charge in [-0.25, -0.2) is 0 Å². The van der Waals surface area contributed by atoms with E-state index in [2.05, 4.69) is 6.92 Å². The van der Waals surface area contributed by atoms with Crippen molar-refractivity contribution in [2.75, 3.05) is 5.75 Å². The zero-order valence-electron chi connectivity index (χ0n) is 8.32. The molecule has 4 heteroatoms. The van der Waals surface area contributed by atoms with Gasteiger partial charge >= 0.3 is 0 Å². The van der Waals surface area contributed by atoms with E-state index >= 15 is 0 Å². The normalized spacial score (nSPS) is 30.3.